The van der Waals surface area contributed by atoms with Crippen molar-refractivity contribution >= 4 is 0 Å². The summed E-state index contributed by atoms with van der Waals surface area (Å²) < 4.78 is 1.24. The number of nitrogens with zero attached hydrogens (tertiary/aromatic N) is 1. The van der Waals surface area contributed by atoms with Crippen LogP contribution in [-0.4, -0.2) is 29.7 Å². The number of hydrogen-bond donors (Lipinski definition) is 0. The van der Waals surface area contributed by atoms with Crippen LogP contribution in [0.4, 0.5) is 0 Å². The zero-order valence-electron chi connectivity index (χ0n) is 11.0. The fourth-order valence-electron chi connectivity index (χ4n) is 2.44. The van der Waals surface area contributed by atoms with Crippen LogP contribution in [-0.2, 0) is 0 Å². The lowest BCUT2D eigenvalue weighted by Gasteiger charge is -2.51. The first-order valence-corrected chi connectivity index (χ1v) is 5.74. The minimum absolute atomic E-state index is 0. The van der Waals surface area contributed by atoms with E-state index in [4.69, 9.17) is 0 Å². The summed E-state index contributed by atoms with van der Waals surface area (Å²) in [6.07, 6.45) is 0. The minimum atomic E-state index is 0. The predicted octanol–water partition coefficient (Wildman–Crippen LogP) is 0.302. The Bertz CT molecular complexity index is 140. The monoisotopic (exact) mass is 221 g/mol. The van der Waals surface area contributed by atoms with E-state index >= 15 is 0 Å². The molecule has 14 heavy (non-hydrogen) atoms. The Morgan fingerprint density at radius 3 is 1.29 bits per heavy atom. The highest BCUT2D eigenvalue weighted by Crippen LogP contribution is 2.31. The second-order valence-electron chi connectivity index (χ2n) is 4.90. The zero-order valence-corrected chi connectivity index (χ0v) is 11.8. The summed E-state index contributed by atoms with van der Waals surface area (Å²) in [6, 6.07) is 0. The Morgan fingerprint density at radius 1 is 0.929 bits per heavy atom. The summed E-state index contributed by atoms with van der Waals surface area (Å²) in [5.41, 5.74) is 0.401. The van der Waals surface area contributed by atoms with Crippen LogP contribution in [0.5, 0.6) is 0 Å². The van der Waals surface area contributed by atoms with E-state index < -0.39 is 0 Å². The Kier molecular flexibility index (Phi) is 7.11. The van der Waals surface area contributed by atoms with Gasteiger partial charge in [-0.2, -0.15) is 0 Å². The lowest BCUT2D eigenvalue weighted by Crippen LogP contribution is -3.00. The Labute approximate surface area is 96.9 Å². The molecule has 0 aromatic heterocycles. The lowest BCUT2D eigenvalue weighted by atomic mass is 9.85. The van der Waals surface area contributed by atoms with Crippen LogP contribution < -0.4 is 12.4 Å². The molecule has 0 aromatic carbocycles. The SMILES string of the molecule is CC[N+](CC)(CC)C(C)(C)C(C)C.[Cl-]. The van der Waals surface area contributed by atoms with E-state index in [0.717, 1.165) is 5.92 Å². The van der Waals surface area contributed by atoms with Crippen LogP contribution in [0.15, 0.2) is 0 Å². The molecule has 0 spiro atoms. The number of rotatable bonds is 5. The molecule has 0 bridgehead atoms. The van der Waals surface area contributed by atoms with Gasteiger partial charge in [-0.15, -0.1) is 0 Å². The average Bonchev–Trinajstić information content (AvgIpc) is 2.08. The van der Waals surface area contributed by atoms with Gasteiger partial charge >= 0.3 is 0 Å². The number of halogens is 1. The fourth-order valence-corrected chi connectivity index (χ4v) is 2.44. The van der Waals surface area contributed by atoms with Crippen molar-refractivity contribution < 1.29 is 16.9 Å². The average molecular weight is 222 g/mol. The van der Waals surface area contributed by atoms with Gasteiger partial charge in [-0.05, 0) is 34.6 Å². The molecule has 0 rings (SSSR count). The predicted molar refractivity (Wildman–Crippen MR) is 60.8 cm³/mol. The van der Waals surface area contributed by atoms with Gasteiger partial charge in [-0.3, -0.25) is 0 Å². The molecule has 0 fully saturated rings. The van der Waals surface area contributed by atoms with Crippen molar-refractivity contribution in [1.29, 1.82) is 0 Å². The molecule has 0 atom stereocenters. The molecule has 88 valence electrons. The molecule has 0 saturated heterocycles. The smallest absolute Gasteiger partial charge is 0.0958 e. The summed E-state index contributed by atoms with van der Waals surface area (Å²) in [7, 11) is 0. The van der Waals surface area contributed by atoms with E-state index in [1.165, 1.54) is 24.1 Å². The van der Waals surface area contributed by atoms with Crippen LogP contribution in [0.2, 0.25) is 0 Å². The third-order valence-corrected chi connectivity index (χ3v) is 4.45. The standard InChI is InChI=1S/C12H28N.ClH/c1-8-13(9-2,10-3)12(6,7)11(4)5;/h11H,8-10H2,1-7H3;1H/q+1;/p-1. The van der Waals surface area contributed by atoms with E-state index in [-0.39, 0.29) is 12.4 Å². The van der Waals surface area contributed by atoms with Crippen LogP contribution >= 0.6 is 0 Å². The van der Waals surface area contributed by atoms with E-state index in [2.05, 4.69) is 48.5 Å². The second kappa shape index (κ2) is 5.97. The first kappa shape index (κ1) is 16.7. The molecular weight excluding hydrogens is 194 g/mol. The largest absolute Gasteiger partial charge is 1.00 e. The van der Waals surface area contributed by atoms with Gasteiger partial charge in [-0.25, -0.2) is 0 Å². The molecular formula is C12H28ClN. The normalized spacial score (nSPS) is 12.9. The summed E-state index contributed by atoms with van der Waals surface area (Å²) in [5.74, 6) is 0.743. The summed E-state index contributed by atoms with van der Waals surface area (Å²) in [6.45, 7) is 20.2. The fraction of sp³-hybridized carbons (Fsp3) is 1.00. The summed E-state index contributed by atoms with van der Waals surface area (Å²) in [4.78, 5) is 0. The number of quaternary nitrogens is 1. The molecule has 2 heteroatoms. The maximum atomic E-state index is 2.41. The molecule has 0 aliphatic heterocycles. The van der Waals surface area contributed by atoms with Crippen LogP contribution in [0.3, 0.4) is 0 Å². The Hall–Kier alpha value is 0.250. The quantitative estimate of drug-likeness (QED) is 0.586. The molecule has 0 aromatic rings. The molecule has 0 amide bonds. The maximum Gasteiger partial charge on any atom is 0.0958 e. The molecule has 0 heterocycles. The van der Waals surface area contributed by atoms with E-state index in [0.29, 0.717) is 5.54 Å². The van der Waals surface area contributed by atoms with Crippen molar-refractivity contribution in [3.63, 3.8) is 0 Å². The third-order valence-electron chi connectivity index (χ3n) is 4.45. The Balaban J connectivity index is 0. The molecule has 0 aliphatic rings. The van der Waals surface area contributed by atoms with Gasteiger partial charge in [-0.1, -0.05) is 13.8 Å². The Morgan fingerprint density at radius 2 is 1.21 bits per heavy atom. The molecule has 0 saturated carbocycles. The molecule has 0 radical (unpaired) electrons. The van der Waals surface area contributed by atoms with Crippen LogP contribution in [0.25, 0.3) is 0 Å². The van der Waals surface area contributed by atoms with E-state index in [1.54, 1.807) is 0 Å². The van der Waals surface area contributed by atoms with E-state index in [9.17, 15) is 0 Å². The first-order chi connectivity index (χ1) is 5.88. The van der Waals surface area contributed by atoms with Crippen LogP contribution in [0.1, 0.15) is 48.5 Å². The van der Waals surface area contributed by atoms with Gasteiger partial charge < -0.3 is 16.9 Å². The topological polar surface area (TPSA) is 0 Å². The molecule has 0 aliphatic carbocycles. The zero-order chi connectivity index (χ0) is 10.7. The van der Waals surface area contributed by atoms with Crippen molar-refractivity contribution in [1.82, 2.24) is 0 Å². The highest BCUT2D eigenvalue weighted by atomic mass is 35.5. The van der Waals surface area contributed by atoms with Gasteiger partial charge in [0.1, 0.15) is 0 Å². The van der Waals surface area contributed by atoms with Crippen molar-refractivity contribution in [2.75, 3.05) is 19.6 Å². The van der Waals surface area contributed by atoms with Crippen LogP contribution in [0, 0.1) is 5.92 Å². The molecule has 0 unspecified atom stereocenters. The van der Waals surface area contributed by atoms with Gasteiger partial charge in [0.25, 0.3) is 0 Å². The minimum Gasteiger partial charge on any atom is -1.00 e. The van der Waals surface area contributed by atoms with Gasteiger partial charge in [0, 0.05) is 5.92 Å². The highest BCUT2D eigenvalue weighted by Gasteiger charge is 2.42. The number of hydrogen-bond acceptors (Lipinski definition) is 0. The van der Waals surface area contributed by atoms with E-state index in [1.807, 2.05) is 0 Å². The van der Waals surface area contributed by atoms with Gasteiger partial charge in [0.2, 0.25) is 0 Å². The van der Waals surface area contributed by atoms with Crippen molar-refractivity contribution in [2.24, 2.45) is 5.92 Å². The van der Waals surface area contributed by atoms with Crippen molar-refractivity contribution in [2.45, 2.75) is 54.0 Å². The summed E-state index contributed by atoms with van der Waals surface area (Å²) >= 11 is 0. The highest BCUT2D eigenvalue weighted by molar-refractivity contribution is 4.74. The summed E-state index contributed by atoms with van der Waals surface area (Å²) in [5, 5.41) is 0. The lowest BCUT2D eigenvalue weighted by molar-refractivity contribution is -0.972. The second-order valence-corrected chi connectivity index (χ2v) is 4.90. The first-order valence-electron chi connectivity index (χ1n) is 5.74. The molecule has 0 N–H and O–H groups in total. The third kappa shape index (κ3) is 2.64. The van der Waals surface area contributed by atoms with Crippen molar-refractivity contribution in [3.8, 4) is 0 Å². The van der Waals surface area contributed by atoms with Crippen molar-refractivity contribution in [3.05, 3.63) is 0 Å². The molecule has 1 nitrogen and oxygen atoms in total. The maximum absolute atomic E-state index is 2.41. The van der Waals surface area contributed by atoms with Gasteiger partial charge in [0.05, 0.1) is 25.2 Å². The van der Waals surface area contributed by atoms with Gasteiger partial charge in [0.15, 0.2) is 0 Å².